The highest BCUT2D eigenvalue weighted by Crippen LogP contribution is 2.40. The molecule has 1 nitrogen and oxygen atoms in total. The van der Waals surface area contributed by atoms with E-state index in [4.69, 9.17) is 0 Å². The predicted octanol–water partition coefficient (Wildman–Crippen LogP) is 4.01. The number of piperidine rings is 1. The summed E-state index contributed by atoms with van der Waals surface area (Å²) < 4.78 is 0. The Morgan fingerprint density at radius 3 is 2.89 bits per heavy atom. The van der Waals surface area contributed by atoms with Gasteiger partial charge in [-0.15, -0.1) is 12.4 Å². The topological polar surface area (TPSA) is 3.24 Å². The lowest BCUT2D eigenvalue weighted by atomic mass is 9.74. The van der Waals surface area contributed by atoms with Crippen LogP contribution in [-0.2, 0) is 6.42 Å². The van der Waals surface area contributed by atoms with Gasteiger partial charge in [0, 0.05) is 6.04 Å². The van der Waals surface area contributed by atoms with E-state index in [0.717, 1.165) is 12.0 Å². The van der Waals surface area contributed by atoms with Crippen LogP contribution in [0.25, 0.3) is 0 Å². The zero-order valence-electron chi connectivity index (χ0n) is 11.3. The molecule has 1 heterocycles. The van der Waals surface area contributed by atoms with Gasteiger partial charge in [0.2, 0.25) is 0 Å². The Hall–Kier alpha value is -0.530. The van der Waals surface area contributed by atoms with Gasteiger partial charge in [-0.1, -0.05) is 31.2 Å². The molecule has 1 aliphatic carbocycles. The molecule has 3 rings (SSSR count). The number of hydrogen-bond acceptors (Lipinski definition) is 1. The van der Waals surface area contributed by atoms with E-state index in [0.29, 0.717) is 0 Å². The third-order valence-electron chi connectivity index (χ3n) is 4.57. The van der Waals surface area contributed by atoms with Crippen molar-refractivity contribution in [3.63, 3.8) is 0 Å². The average Bonchev–Trinajstić information content (AvgIpc) is 2.39. The molecule has 0 unspecified atom stereocenters. The number of nitrogens with zero attached hydrogens (tertiary/aromatic N) is 1. The van der Waals surface area contributed by atoms with Gasteiger partial charge < -0.3 is 0 Å². The molecule has 2 heteroatoms. The number of hydrogen-bond donors (Lipinski definition) is 0. The predicted molar refractivity (Wildman–Crippen MR) is 79.6 cm³/mol. The van der Waals surface area contributed by atoms with Gasteiger partial charge in [-0.3, -0.25) is 4.90 Å². The van der Waals surface area contributed by atoms with Crippen molar-refractivity contribution in [1.82, 2.24) is 4.90 Å². The molecule has 2 aliphatic rings. The summed E-state index contributed by atoms with van der Waals surface area (Å²) in [7, 11) is 0. The molecule has 0 radical (unpaired) electrons. The van der Waals surface area contributed by atoms with Crippen LogP contribution in [0.15, 0.2) is 24.3 Å². The summed E-state index contributed by atoms with van der Waals surface area (Å²) in [6.45, 7) is 4.93. The number of rotatable bonds is 2. The Morgan fingerprint density at radius 2 is 2.06 bits per heavy atom. The molecule has 100 valence electrons. The summed E-state index contributed by atoms with van der Waals surface area (Å²) >= 11 is 0. The van der Waals surface area contributed by atoms with E-state index < -0.39 is 0 Å². The van der Waals surface area contributed by atoms with Crippen molar-refractivity contribution in [2.24, 2.45) is 0 Å². The maximum atomic E-state index is 2.75. The quantitative estimate of drug-likeness (QED) is 0.781. The lowest BCUT2D eigenvalue weighted by Crippen LogP contribution is -2.46. The lowest BCUT2D eigenvalue weighted by molar-refractivity contribution is 0.113. The van der Waals surface area contributed by atoms with Crippen LogP contribution in [0, 0.1) is 0 Å². The smallest absolute Gasteiger partial charge is 0.0167 e. The van der Waals surface area contributed by atoms with Gasteiger partial charge in [0.05, 0.1) is 0 Å². The normalized spacial score (nSPS) is 26.9. The molecule has 1 aromatic carbocycles. The largest absolute Gasteiger partial charge is 0.300 e. The van der Waals surface area contributed by atoms with Crippen molar-refractivity contribution in [1.29, 1.82) is 0 Å². The molecule has 0 spiro atoms. The molecule has 0 aromatic heterocycles. The summed E-state index contributed by atoms with van der Waals surface area (Å²) in [6.07, 6.45) is 6.75. The van der Waals surface area contributed by atoms with Gasteiger partial charge in [-0.2, -0.15) is 0 Å². The number of halogens is 1. The Morgan fingerprint density at radius 1 is 1.22 bits per heavy atom. The first-order valence-corrected chi connectivity index (χ1v) is 7.22. The fourth-order valence-electron chi connectivity index (χ4n) is 3.87. The number of fused-ring (bicyclic) bond motifs is 3. The minimum atomic E-state index is 0. The van der Waals surface area contributed by atoms with Crippen molar-refractivity contribution >= 4 is 12.4 Å². The standard InChI is InChI=1S/C16H23N.ClH/c1-2-11-17-12-5-8-15-14-7-4-3-6-13(14)9-10-16(15)17;/h3-4,6-7,15-16H,2,5,8-12H2,1H3;1H/t15-,16-;/m0./s1. The van der Waals surface area contributed by atoms with Crippen LogP contribution < -0.4 is 0 Å². The van der Waals surface area contributed by atoms with E-state index in [1.54, 1.807) is 11.1 Å². The molecule has 0 amide bonds. The molecule has 2 atom stereocenters. The average molecular weight is 266 g/mol. The van der Waals surface area contributed by atoms with E-state index in [2.05, 4.69) is 36.1 Å². The summed E-state index contributed by atoms with van der Waals surface area (Å²) in [6, 6.07) is 9.97. The van der Waals surface area contributed by atoms with Crippen LogP contribution in [0.4, 0.5) is 0 Å². The van der Waals surface area contributed by atoms with Crippen LogP contribution in [-0.4, -0.2) is 24.0 Å². The minimum absolute atomic E-state index is 0. The van der Waals surface area contributed by atoms with Gasteiger partial charge in [0.1, 0.15) is 0 Å². The molecular weight excluding hydrogens is 242 g/mol. The summed E-state index contributed by atoms with van der Waals surface area (Å²) in [5.41, 5.74) is 3.27. The number of benzene rings is 1. The second-order valence-electron chi connectivity index (χ2n) is 5.59. The highest BCUT2D eigenvalue weighted by molar-refractivity contribution is 5.85. The minimum Gasteiger partial charge on any atom is -0.300 e. The van der Waals surface area contributed by atoms with Crippen molar-refractivity contribution in [3.8, 4) is 0 Å². The van der Waals surface area contributed by atoms with Crippen molar-refractivity contribution < 1.29 is 0 Å². The highest BCUT2D eigenvalue weighted by Gasteiger charge is 2.35. The second-order valence-corrected chi connectivity index (χ2v) is 5.59. The molecule has 1 aromatic rings. The summed E-state index contributed by atoms with van der Waals surface area (Å²) in [5, 5.41) is 0. The van der Waals surface area contributed by atoms with Crippen molar-refractivity contribution in [2.75, 3.05) is 13.1 Å². The third-order valence-corrected chi connectivity index (χ3v) is 4.57. The monoisotopic (exact) mass is 265 g/mol. The molecule has 0 saturated carbocycles. The fraction of sp³-hybridized carbons (Fsp3) is 0.625. The molecule has 0 bridgehead atoms. The Balaban J connectivity index is 0.00000120. The second kappa shape index (κ2) is 6.08. The molecule has 1 saturated heterocycles. The maximum Gasteiger partial charge on any atom is 0.0167 e. The van der Waals surface area contributed by atoms with E-state index in [1.165, 1.54) is 45.2 Å². The van der Waals surface area contributed by atoms with E-state index in [-0.39, 0.29) is 12.4 Å². The maximum absolute atomic E-state index is 2.75. The Bertz CT molecular complexity index is 388. The Labute approximate surface area is 117 Å². The summed E-state index contributed by atoms with van der Waals surface area (Å²) in [4.78, 5) is 2.75. The van der Waals surface area contributed by atoms with Gasteiger partial charge >= 0.3 is 0 Å². The number of aryl methyl sites for hydroxylation is 1. The lowest BCUT2D eigenvalue weighted by Gasteiger charge is -2.45. The molecular formula is C16H24ClN. The van der Waals surface area contributed by atoms with Crippen LogP contribution in [0.1, 0.15) is 49.7 Å². The molecule has 1 fully saturated rings. The zero-order chi connectivity index (χ0) is 11.7. The SMILES string of the molecule is CCCN1CCC[C@H]2c3ccccc3CC[C@@H]21.Cl. The molecule has 18 heavy (non-hydrogen) atoms. The molecule has 1 aliphatic heterocycles. The van der Waals surface area contributed by atoms with E-state index in [9.17, 15) is 0 Å². The first kappa shape index (κ1) is 13.9. The van der Waals surface area contributed by atoms with Gasteiger partial charge in [0.25, 0.3) is 0 Å². The van der Waals surface area contributed by atoms with Crippen LogP contribution in [0.2, 0.25) is 0 Å². The van der Waals surface area contributed by atoms with Crippen LogP contribution in [0.5, 0.6) is 0 Å². The summed E-state index contributed by atoms with van der Waals surface area (Å²) in [5.74, 6) is 0.820. The first-order valence-electron chi connectivity index (χ1n) is 7.22. The van der Waals surface area contributed by atoms with E-state index >= 15 is 0 Å². The van der Waals surface area contributed by atoms with Gasteiger partial charge in [-0.05, 0) is 62.2 Å². The van der Waals surface area contributed by atoms with E-state index in [1.807, 2.05) is 0 Å². The number of likely N-dealkylation sites (tertiary alicyclic amines) is 1. The van der Waals surface area contributed by atoms with Gasteiger partial charge in [-0.25, -0.2) is 0 Å². The van der Waals surface area contributed by atoms with Gasteiger partial charge in [0.15, 0.2) is 0 Å². The van der Waals surface area contributed by atoms with Crippen LogP contribution >= 0.6 is 12.4 Å². The van der Waals surface area contributed by atoms with Crippen LogP contribution in [0.3, 0.4) is 0 Å². The zero-order valence-corrected chi connectivity index (χ0v) is 12.1. The third kappa shape index (κ3) is 2.44. The fourth-order valence-corrected chi connectivity index (χ4v) is 3.87. The first-order chi connectivity index (χ1) is 8.40. The Kier molecular flexibility index (Phi) is 4.69. The van der Waals surface area contributed by atoms with Crippen molar-refractivity contribution in [2.45, 2.75) is 51.0 Å². The van der Waals surface area contributed by atoms with Crippen molar-refractivity contribution in [3.05, 3.63) is 35.4 Å². The molecule has 0 N–H and O–H groups in total. The highest BCUT2D eigenvalue weighted by atomic mass is 35.5.